The summed E-state index contributed by atoms with van der Waals surface area (Å²) in [7, 11) is -1.78. The summed E-state index contributed by atoms with van der Waals surface area (Å²) < 4.78 is 31.6. The third-order valence-corrected chi connectivity index (χ3v) is 12.5. The molecule has 1 aromatic heterocycles. The van der Waals surface area contributed by atoms with Crippen molar-refractivity contribution >= 4 is 15.5 Å². The summed E-state index contributed by atoms with van der Waals surface area (Å²) >= 11 is 0. The fourth-order valence-electron chi connectivity index (χ4n) is 8.45. The molecule has 3 fully saturated rings. The van der Waals surface area contributed by atoms with Gasteiger partial charge in [0, 0.05) is 56.8 Å². The quantitative estimate of drug-likeness (QED) is 0.247. The number of likely N-dealkylation sites (tertiary alicyclic amines) is 1. The molecule has 3 aromatic rings. The average Bonchev–Trinajstić information content (AvgIpc) is 3.52. The standard InChI is InChI=1S/C37H46N4O3S/c1-28-23-35(15-19-39-28)45(42,43)34-13-11-33(12-14-34)41-25-29(26-41)24-40-20-16-32(17-21-40)37(27-38,31-8-4-3-5-9-31)36-10-6-7-30(36)18-22-44-2/h3-5,8-9,11-15,19,23,29-30,32,36H,6-7,10,16-18,20-22,24-26H2,1-2H3/t30-,36+,37?/m1/s1. The molecule has 2 aromatic carbocycles. The van der Waals surface area contributed by atoms with Crippen molar-refractivity contribution in [2.24, 2.45) is 23.7 Å². The highest BCUT2D eigenvalue weighted by molar-refractivity contribution is 7.91. The van der Waals surface area contributed by atoms with E-state index in [4.69, 9.17) is 4.74 Å². The summed E-state index contributed by atoms with van der Waals surface area (Å²) in [4.78, 5) is 9.65. The molecule has 45 heavy (non-hydrogen) atoms. The van der Waals surface area contributed by atoms with Crippen LogP contribution < -0.4 is 4.90 Å². The van der Waals surface area contributed by atoms with Crippen molar-refractivity contribution in [3.63, 3.8) is 0 Å². The van der Waals surface area contributed by atoms with Crippen LogP contribution >= 0.6 is 0 Å². The normalized spacial score (nSPS) is 22.9. The van der Waals surface area contributed by atoms with Crippen LogP contribution in [0.4, 0.5) is 5.69 Å². The molecule has 1 unspecified atom stereocenters. The third kappa shape index (κ3) is 6.40. The smallest absolute Gasteiger partial charge is 0.206 e. The summed E-state index contributed by atoms with van der Waals surface area (Å²) in [6, 6.07) is 24.1. The highest BCUT2D eigenvalue weighted by atomic mass is 32.2. The molecule has 8 heteroatoms. The molecule has 0 radical (unpaired) electrons. The first kappa shape index (κ1) is 31.7. The van der Waals surface area contributed by atoms with Gasteiger partial charge in [-0.05, 0) is 105 Å². The molecular weight excluding hydrogens is 580 g/mol. The van der Waals surface area contributed by atoms with Crippen LogP contribution in [-0.4, -0.2) is 64.7 Å². The van der Waals surface area contributed by atoms with Crippen molar-refractivity contribution in [1.29, 1.82) is 5.26 Å². The largest absolute Gasteiger partial charge is 0.385 e. The maximum absolute atomic E-state index is 13.1. The maximum Gasteiger partial charge on any atom is 0.206 e. The first-order chi connectivity index (χ1) is 21.8. The molecule has 2 saturated heterocycles. The SMILES string of the molecule is COCC[C@H]1CCC[C@@H]1C(C#N)(c1ccccc1)C1CCN(CC2CN(c3ccc(S(=O)(=O)c4ccnc(C)c4)cc3)C2)CC1. The number of benzene rings is 2. The zero-order valence-corrected chi connectivity index (χ0v) is 27.5. The van der Waals surface area contributed by atoms with Gasteiger partial charge in [0.15, 0.2) is 0 Å². The second-order valence-electron chi connectivity index (χ2n) is 13.4. The van der Waals surface area contributed by atoms with Crippen LogP contribution in [0.1, 0.15) is 49.8 Å². The molecule has 0 amide bonds. The number of hydrogen-bond donors (Lipinski definition) is 0. The number of pyridine rings is 1. The third-order valence-electron chi connectivity index (χ3n) is 10.8. The van der Waals surface area contributed by atoms with E-state index in [-0.39, 0.29) is 4.90 Å². The summed E-state index contributed by atoms with van der Waals surface area (Å²) in [5.74, 6) is 1.87. The second-order valence-corrected chi connectivity index (χ2v) is 15.4. The summed E-state index contributed by atoms with van der Waals surface area (Å²) in [6.07, 6.45) is 8.22. The van der Waals surface area contributed by atoms with Gasteiger partial charge in [0.2, 0.25) is 9.84 Å². The van der Waals surface area contributed by atoms with Crippen LogP contribution in [0.3, 0.4) is 0 Å². The lowest BCUT2D eigenvalue weighted by molar-refractivity contribution is 0.0820. The summed E-state index contributed by atoms with van der Waals surface area (Å²) in [5, 5.41) is 11.0. The van der Waals surface area contributed by atoms with Crippen molar-refractivity contribution in [2.45, 2.75) is 60.7 Å². The second kappa shape index (κ2) is 13.6. The van der Waals surface area contributed by atoms with E-state index in [0.717, 1.165) is 70.7 Å². The van der Waals surface area contributed by atoms with Crippen LogP contribution in [0.15, 0.2) is 82.7 Å². The molecule has 3 heterocycles. The predicted octanol–water partition coefficient (Wildman–Crippen LogP) is 6.29. The number of aromatic nitrogens is 1. The number of sulfone groups is 1. The Bertz CT molecular complexity index is 1580. The maximum atomic E-state index is 13.1. The molecule has 3 aliphatic rings. The number of hydrogen-bond acceptors (Lipinski definition) is 7. The van der Waals surface area contributed by atoms with E-state index in [2.05, 4.69) is 51.2 Å². The first-order valence-corrected chi connectivity index (χ1v) is 18.0. The van der Waals surface area contributed by atoms with E-state index in [9.17, 15) is 13.7 Å². The number of methoxy groups -OCH3 is 1. The Hall–Kier alpha value is -3.25. The lowest BCUT2D eigenvalue weighted by atomic mass is 9.58. The van der Waals surface area contributed by atoms with Crippen molar-refractivity contribution in [3.05, 3.63) is 84.2 Å². The highest BCUT2D eigenvalue weighted by Crippen LogP contribution is 2.53. The molecule has 1 aliphatic carbocycles. The van der Waals surface area contributed by atoms with Crippen LogP contribution in [-0.2, 0) is 20.0 Å². The van der Waals surface area contributed by atoms with Crippen molar-refractivity contribution in [3.8, 4) is 6.07 Å². The van der Waals surface area contributed by atoms with Crippen LogP contribution in [0.25, 0.3) is 0 Å². The molecule has 7 nitrogen and oxygen atoms in total. The van der Waals surface area contributed by atoms with Crippen molar-refractivity contribution in [1.82, 2.24) is 9.88 Å². The number of piperidine rings is 1. The monoisotopic (exact) mass is 626 g/mol. The van der Waals surface area contributed by atoms with Gasteiger partial charge in [0.25, 0.3) is 0 Å². The Morgan fingerprint density at radius 3 is 2.38 bits per heavy atom. The van der Waals surface area contributed by atoms with E-state index in [1.165, 1.54) is 24.6 Å². The average molecular weight is 627 g/mol. The van der Waals surface area contributed by atoms with Gasteiger partial charge >= 0.3 is 0 Å². The van der Waals surface area contributed by atoms with Gasteiger partial charge < -0.3 is 14.5 Å². The van der Waals surface area contributed by atoms with E-state index in [1.54, 1.807) is 38.3 Å². The van der Waals surface area contributed by atoms with Crippen LogP contribution in [0, 0.1) is 41.9 Å². The topological polar surface area (TPSA) is 86.5 Å². The minimum absolute atomic E-state index is 0.278. The number of ether oxygens (including phenoxy) is 1. The highest BCUT2D eigenvalue weighted by Gasteiger charge is 2.51. The number of aryl methyl sites for hydroxylation is 1. The Kier molecular flexibility index (Phi) is 9.60. The zero-order valence-electron chi connectivity index (χ0n) is 26.6. The molecule has 0 N–H and O–H groups in total. The fourth-order valence-corrected chi connectivity index (χ4v) is 9.78. The Morgan fingerprint density at radius 2 is 1.71 bits per heavy atom. The lowest BCUT2D eigenvalue weighted by Gasteiger charge is -2.48. The minimum Gasteiger partial charge on any atom is -0.385 e. The van der Waals surface area contributed by atoms with Crippen molar-refractivity contribution in [2.75, 3.05) is 51.3 Å². The van der Waals surface area contributed by atoms with Crippen LogP contribution in [0.5, 0.6) is 0 Å². The van der Waals surface area contributed by atoms with E-state index in [1.807, 2.05) is 12.1 Å². The molecule has 3 atom stereocenters. The zero-order chi connectivity index (χ0) is 31.4. The fraction of sp³-hybridized carbons (Fsp3) is 0.514. The predicted molar refractivity (Wildman–Crippen MR) is 177 cm³/mol. The van der Waals surface area contributed by atoms with Crippen LogP contribution in [0.2, 0.25) is 0 Å². The van der Waals surface area contributed by atoms with Gasteiger partial charge in [-0.1, -0.05) is 43.2 Å². The Morgan fingerprint density at radius 1 is 0.978 bits per heavy atom. The van der Waals surface area contributed by atoms with Crippen molar-refractivity contribution < 1.29 is 13.2 Å². The van der Waals surface area contributed by atoms with Gasteiger partial charge in [0.05, 0.1) is 21.3 Å². The molecule has 238 valence electrons. The Labute approximate surface area is 269 Å². The molecule has 0 spiro atoms. The molecular formula is C37H46N4O3S. The first-order valence-electron chi connectivity index (χ1n) is 16.6. The van der Waals surface area contributed by atoms with E-state index in [0.29, 0.717) is 34.3 Å². The number of rotatable bonds is 11. The van der Waals surface area contributed by atoms with E-state index < -0.39 is 15.3 Å². The lowest BCUT2D eigenvalue weighted by Crippen LogP contribution is -2.54. The van der Waals surface area contributed by atoms with Gasteiger partial charge in [-0.15, -0.1) is 0 Å². The Balaban J connectivity index is 1.06. The van der Waals surface area contributed by atoms with Gasteiger partial charge in [0.1, 0.15) is 0 Å². The summed E-state index contributed by atoms with van der Waals surface area (Å²) in [6.45, 7) is 7.66. The van der Waals surface area contributed by atoms with E-state index >= 15 is 0 Å². The van der Waals surface area contributed by atoms with Gasteiger partial charge in [-0.3, -0.25) is 4.98 Å². The molecule has 6 rings (SSSR count). The van der Waals surface area contributed by atoms with Gasteiger partial charge in [-0.2, -0.15) is 5.26 Å². The molecule has 2 aliphatic heterocycles. The molecule has 0 bridgehead atoms. The number of anilines is 1. The minimum atomic E-state index is -3.56. The number of nitrogens with zero attached hydrogens (tertiary/aromatic N) is 4. The van der Waals surface area contributed by atoms with Gasteiger partial charge in [-0.25, -0.2) is 8.42 Å². The summed E-state index contributed by atoms with van der Waals surface area (Å²) in [5.41, 5.74) is 2.52. The number of nitriles is 1. The molecule has 1 saturated carbocycles.